The lowest BCUT2D eigenvalue weighted by Gasteiger charge is -2.36. The molecular weight excluding hydrogens is 372 g/mol. The Labute approximate surface area is 176 Å². The van der Waals surface area contributed by atoms with Gasteiger partial charge in [-0.25, -0.2) is 0 Å². The molecule has 1 saturated heterocycles. The Bertz CT molecular complexity index is 535. The van der Waals surface area contributed by atoms with Gasteiger partial charge in [-0.2, -0.15) is 0 Å². The van der Waals surface area contributed by atoms with Gasteiger partial charge < -0.3 is 20.1 Å². The number of aliphatic hydroxyl groups excluding tert-OH is 3. The Kier molecular flexibility index (Phi) is 10.3. The molecular formula is C23H42O6. The minimum absolute atomic E-state index is 0.0532. The minimum atomic E-state index is -1.06. The van der Waals surface area contributed by atoms with Crippen molar-refractivity contribution in [2.45, 2.75) is 98.6 Å². The first-order valence-corrected chi connectivity index (χ1v) is 11.2. The molecule has 6 nitrogen and oxygen atoms in total. The highest BCUT2D eigenvalue weighted by Crippen LogP contribution is 2.31. The molecule has 6 heteroatoms. The monoisotopic (exact) mass is 414 g/mol. The van der Waals surface area contributed by atoms with Gasteiger partial charge in [0.2, 0.25) is 0 Å². The maximum Gasteiger partial charge on any atom is 0.311 e. The van der Waals surface area contributed by atoms with Gasteiger partial charge in [0.25, 0.3) is 0 Å². The second kappa shape index (κ2) is 11.4. The predicted octanol–water partition coefficient (Wildman–Crippen LogP) is 2.96. The van der Waals surface area contributed by atoms with Crippen LogP contribution >= 0.6 is 0 Å². The van der Waals surface area contributed by atoms with Gasteiger partial charge in [-0.05, 0) is 25.7 Å². The summed E-state index contributed by atoms with van der Waals surface area (Å²) in [5.41, 5.74) is 0. The number of ether oxygens (including phenoxy) is 1. The number of Topliss-reactive ketones (excluding diaryl/α,β-unsaturated/α-hetero) is 1. The molecule has 0 saturated carbocycles. The van der Waals surface area contributed by atoms with Crippen LogP contribution in [-0.2, 0) is 14.3 Å². The van der Waals surface area contributed by atoms with E-state index < -0.39 is 54.1 Å². The molecule has 0 aromatic carbocycles. The van der Waals surface area contributed by atoms with Crippen LogP contribution in [0.3, 0.4) is 0 Å². The van der Waals surface area contributed by atoms with E-state index in [9.17, 15) is 24.9 Å². The first-order chi connectivity index (χ1) is 13.4. The van der Waals surface area contributed by atoms with Crippen LogP contribution in [0.4, 0.5) is 0 Å². The largest absolute Gasteiger partial charge is 0.462 e. The van der Waals surface area contributed by atoms with E-state index in [4.69, 9.17) is 4.74 Å². The van der Waals surface area contributed by atoms with Gasteiger partial charge in [0.05, 0.1) is 24.2 Å². The standard InChI is InChI=1S/C23H42O6/c1-8-9-10-18-14(4)21(26)15(5)19(24)12(2)11-13(3)20(25)16(6)22(27)17(7)23(28)29-18/h12-18,20-22,25-27H,8-11H2,1-7H3/t12-,13+,14+,15+,16+,17-,18-,20+,21+,22+/m1/s1. The lowest BCUT2D eigenvalue weighted by atomic mass is 9.77. The second-order valence-electron chi connectivity index (χ2n) is 9.40. The Morgan fingerprint density at radius 2 is 1.41 bits per heavy atom. The highest BCUT2D eigenvalue weighted by atomic mass is 16.5. The number of hydrogen-bond acceptors (Lipinski definition) is 6. The van der Waals surface area contributed by atoms with Crippen LogP contribution in [0.2, 0.25) is 0 Å². The first kappa shape index (κ1) is 26.1. The quantitative estimate of drug-likeness (QED) is 0.614. The van der Waals surface area contributed by atoms with Gasteiger partial charge in [-0.15, -0.1) is 0 Å². The van der Waals surface area contributed by atoms with Crippen LogP contribution in [0, 0.1) is 35.5 Å². The summed E-state index contributed by atoms with van der Waals surface area (Å²) in [7, 11) is 0. The second-order valence-corrected chi connectivity index (χ2v) is 9.40. The van der Waals surface area contributed by atoms with Crippen molar-refractivity contribution in [3.63, 3.8) is 0 Å². The molecule has 0 unspecified atom stereocenters. The maximum atomic E-state index is 12.9. The molecule has 0 aliphatic carbocycles. The molecule has 10 atom stereocenters. The van der Waals surface area contributed by atoms with Crippen molar-refractivity contribution in [1.82, 2.24) is 0 Å². The molecule has 0 aromatic heterocycles. The third-order valence-corrected chi connectivity index (χ3v) is 6.95. The summed E-state index contributed by atoms with van der Waals surface area (Å²) >= 11 is 0. The molecule has 1 rings (SSSR count). The molecule has 1 aliphatic rings. The first-order valence-electron chi connectivity index (χ1n) is 11.2. The van der Waals surface area contributed by atoms with Crippen LogP contribution in [0.25, 0.3) is 0 Å². The van der Waals surface area contributed by atoms with E-state index in [1.165, 1.54) is 0 Å². The number of rotatable bonds is 3. The van der Waals surface area contributed by atoms with E-state index in [1.54, 1.807) is 20.8 Å². The number of esters is 1. The Morgan fingerprint density at radius 1 is 0.862 bits per heavy atom. The van der Waals surface area contributed by atoms with E-state index in [1.807, 2.05) is 27.7 Å². The van der Waals surface area contributed by atoms with E-state index >= 15 is 0 Å². The average Bonchev–Trinajstić information content (AvgIpc) is 2.71. The number of carbonyl (C=O) groups excluding carboxylic acids is 2. The fourth-order valence-corrected chi connectivity index (χ4v) is 4.51. The van der Waals surface area contributed by atoms with Gasteiger partial charge in [-0.1, -0.05) is 54.4 Å². The fourth-order valence-electron chi connectivity index (χ4n) is 4.51. The summed E-state index contributed by atoms with van der Waals surface area (Å²) in [5.74, 6) is -3.45. The van der Waals surface area contributed by atoms with Gasteiger partial charge >= 0.3 is 5.97 Å². The van der Waals surface area contributed by atoms with Gasteiger partial charge in [-0.3, -0.25) is 9.59 Å². The SMILES string of the molecule is CCCC[C@H]1OC(=O)[C@H](C)[C@@H](O)[C@@H](C)[C@@H](O)[C@@H](C)C[C@@H](C)C(=O)[C@H](C)[C@@H](O)[C@H]1C. The highest BCUT2D eigenvalue weighted by Gasteiger charge is 2.40. The van der Waals surface area contributed by atoms with Crippen LogP contribution in [0.15, 0.2) is 0 Å². The van der Waals surface area contributed by atoms with E-state index in [0.29, 0.717) is 12.8 Å². The van der Waals surface area contributed by atoms with Crippen LogP contribution in [0.1, 0.15) is 74.1 Å². The summed E-state index contributed by atoms with van der Waals surface area (Å²) in [6.45, 7) is 12.6. The third-order valence-electron chi connectivity index (χ3n) is 6.95. The van der Waals surface area contributed by atoms with Crippen molar-refractivity contribution >= 4 is 11.8 Å². The molecule has 1 aliphatic heterocycles. The van der Waals surface area contributed by atoms with Gasteiger partial charge in [0, 0.05) is 23.7 Å². The van der Waals surface area contributed by atoms with Gasteiger partial charge in [0.1, 0.15) is 11.9 Å². The zero-order valence-corrected chi connectivity index (χ0v) is 19.2. The van der Waals surface area contributed by atoms with E-state index in [2.05, 4.69) is 0 Å². The molecule has 29 heavy (non-hydrogen) atoms. The molecule has 1 heterocycles. The summed E-state index contributed by atoms with van der Waals surface area (Å²) in [6, 6.07) is 0. The number of hydrogen-bond donors (Lipinski definition) is 3. The number of ketones is 1. The van der Waals surface area contributed by atoms with E-state index in [0.717, 1.165) is 12.8 Å². The molecule has 0 bridgehead atoms. The molecule has 1 fully saturated rings. The lowest BCUT2D eigenvalue weighted by molar-refractivity contribution is -0.166. The van der Waals surface area contributed by atoms with Crippen LogP contribution in [-0.4, -0.2) is 51.5 Å². The smallest absolute Gasteiger partial charge is 0.311 e. The summed E-state index contributed by atoms with van der Waals surface area (Å²) in [5, 5.41) is 32.2. The molecule has 3 N–H and O–H groups in total. The van der Waals surface area contributed by atoms with Crippen molar-refractivity contribution in [2.24, 2.45) is 35.5 Å². The predicted molar refractivity (Wildman–Crippen MR) is 112 cm³/mol. The number of cyclic esters (lactones) is 1. The Morgan fingerprint density at radius 3 is 1.97 bits per heavy atom. The zero-order valence-electron chi connectivity index (χ0n) is 19.2. The van der Waals surface area contributed by atoms with Crippen molar-refractivity contribution < 1.29 is 29.6 Å². The average molecular weight is 415 g/mol. The summed E-state index contributed by atoms with van der Waals surface area (Å²) in [6.07, 6.45) is -0.566. The van der Waals surface area contributed by atoms with Crippen molar-refractivity contribution in [2.75, 3.05) is 0 Å². The number of aliphatic hydroxyl groups is 3. The number of carbonyl (C=O) groups is 2. The maximum absolute atomic E-state index is 12.9. The molecule has 0 radical (unpaired) electrons. The minimum Gasteiger partial charge on any atom is -0.462 e. The molecule has 0 spiro atoms. The lowest BCUT2D eigenvalue weighted by Crippen LogP contribution is -2.45. The summed E-state index contributed by atoms with van der Waals surface area (Å²) in [4.78, 5) is 25.6. The number of unbranched alkanes of at least 4 members (excludes halogenated alkanes) is 1. The van der Waals surface area contributed by atoms with E-state index in [-0.39, 0.29) is 17.6 Å². The van der Waals surface area contributed by atoms with Crippen molar-refractivity contribution in [1.29, 1.82) is 0 Å². The van der Waals surface area contributed by atoms with Crippen molar-refractivity contribution in [3.8, 4) is 0 Å². The topological polar surface area (TPSA) is 104 Å². The van der Waals surface area contributed by atoms with Gasteiger partial charge in [0.15, 0.2) is 0 Å². The van der Waals surface area contributed by atoms with Crippen LogP contribution < -0.4 is 0 Å². The highest BCUT2D eigenvalue weighted by molar-refractivity contribution is 5.83. The molecule has 0 aromatic rings. The third kappa shape index (κ3) is 6.50. The van der Waals surface area contributed by atoms with Crippen molar-refractivity contribution in [3.05, 3.63) is 0 Å². The zero-order chi connectivity index (χ0) is 22.5. The molecule has 0 amide bonds. The summed E-state index contributed by atoms with van der Waals surface area (Å²) < 4.78 is 5.73. The fraction of sp³-hybridized carbons (Fsp3) is 0.913. The van der Waals surface area contributed by atoms with Crippen LogP contribution in [0.5, 0.6) is 0 Å². The molecule has 170 valence electrons. The normalized spacial score (nSPS) is 43.5. The Balaban J connectivity index is 3.25. The Hall–Kier alpha value is -0.980.